The van der Waals surface area contributed by atoms with Crippen LogP contribution < -0.4 is 4.90 Å². The molecule has 1 aromatic heterocycles. The highest BCUT2D eigenvalue weighted by atomic mass is 16.3. The zero-order valence-electron chi connectivity index (χ0n) is 11.6. The SMILES string of the molecule is CC[C@H](O)c1ccc(N(C)c2cccc(C#N)c2)cn1. The molecule has 1 N–H and O–H groups in total. The molecule has 2 aromatic rings. The van der Waals surface area contributed by atoms with Crippen molar-refractivity contribution in [3.05, 3.63) is 53.9 Å². The molecule has 2 rings (SSSR count). The van der Waals surface area contributed by atoms with Crippen molar-refractivity contribution in [2.45, 2.75) is 19.4 Å². The standard InChI is InChI=1S/C16H17N3O/c1-3-16(20)15-8-7-14(11-18-15)19(2)13-6-4-5-12(9-13)10-17/h4-9,11,16,20H,3H2,1-2H3/t16-/m0/s1. The van der Waals surface area contributed by atoms with Crippen molar-refractivity contribution in [2.75, 3.05) is 11.9 Å². The fourth-order valence-electron chi connectivity index (χ4n) is 1.94. The van der Waals surface area contributed by atoms with Gasteiger partial charge in [0.15, 0.2) is 0 Å². The molecule has 0 amide bonds. The number of aromatic nitrogens is 1. The summed E-state index contributed by atoms with van der Waals surface area (Å²) < 4.78 is 0. The van der Waals surface area contributed by atoms with Crippen LogP contribution in [0.5, 0.6) is 0 Å². The highest BCUT2D eigenvalue weighted by Gasteiger charge is 2.09. The summed E-state index contributed by atoms with van der Waals surface area (Å²) in [5.41, 5.74) is 3.14. The second kappa shape index (κ2) is 6.18. The molecule has 0 radical (unpaired) electrons. The first-order chi connectivity index (χ1) is 9.65. The number of nitriles is 1. The molecule has 0 fully saturated rings. The van der Waals surface area contributed by atoms with Crippen LogP contribution in [0.3, 0.4) is 0 Å². The average Bonchev–Trinajstić information content (AvgIpc) is 2.53. The summed E-state index contributed by atoms with van der Waals surface area (Å²) >= 11 is 0. The van der Waals surface area contributed by atoms with Gasteiger partial charge in [0.1, 0.15) is 0 Å². The fraction of sp³-hybridized carbons (Fsp3) is 0.250. The van der Waals surface area contributed by atoms with Crippen LogP contribution in [0.2, 0.25) is 0 Å². The molecule has 4 nitrogen and oxygen atoms in total. The molecule has 20 heavy (non-hydrogen) atoms. The number of rotatable bonds is 4. The van der Waals surface area contributed by atoms with E-state index >= 15 is 0 Å². The van der Waals surface area contributed by atoms with Gasteiger partial charge in [0.25, 0.3) is 0 Å². The van der Waals surface area contributed by atoms with Crippen LogP contribution in [0.4, 0.5) is 11.4 Å². The quantitative estimate of drug-likeness (QED) is 0.924. The average molecular weight is 267 g/mol. The van der Waals surface area contributed by atoms with Crippen molar-refractivity contribution in [1.82, 2.24) is 4.98 Å². The van der Waals surface area contributed by atoms with Crippen LogP contribution in [-0.2, 0) is 0 Å². The van der Waals surface area contributed by atoms with Gasteiger partial charge in [-0.15, -0.1) is 0 Å². The van der Waals surface area contributed by atoms with Gasteiger partial charge in [-0.3, -0.25) is 4.98 Å². The summed E-state index contributed by atoms with van der Waals surface area (Å²) in [6.07, 6.45) is 1.86. The molecule has 0 saturated carbocycles. The third kappa shape index (κ3) is 2.95. The monoisotopic (exact) mass is 267 g/mol. The number of hydrogen-bond acceptors (Lipinski definition) is 4. The van der Waals surface area contributed by atoms with E-state index in [2.05, 4.69) is 11.1 Å². The number of aliphatic hydroxyl groups excluding tert-OH is 1. The molecule has 1 heterocycles. The second-order valence-electron chi connectivity index (χ2n) is 4.59. The molecule has 4 heteroatoms. The minimum Gasteiger partial charge on any atom is -0.387 e. The van der Waals surface area contributed by atoms with Crippen molar-refractivity contribution in [3.8, 4) is 6.07 Å². The third-order valence-corrected chi connectivity index (χ3v) is 3.25. The predicted molar refractivity (Wildman–Crippen MR) is 78.7 cm³/mol. The molecule has 102 valence electrons. The molecular weight excluding hydrogens is 250 g/mol. The van der Waals surface area contributed by atoms with Gasteiger partial charge in [-0.05, 0) is 36.8 Å². The Bertz CT molecular complexity index is 616. The van der Waals surface area contributed by atoms with Gasteiger partial charge in [-0.2, -0.15) is 5.26 Å². The first-order valence-electron chi connectivity index (χ1n) is 6.53. The molecule has 1 atom stereocenters. The number of aliphatic hydroxyl groups is 1. The molecule has 0 aliphatic heterocycles. The normalized spacial score (nSPS) is 11.7. The molecule has 0 spiro atoms. The minimum atomic E-state index is -0.517. The van der Waals surface area contributed by atoms with Crippen LogP contribution >= 0.6 is 0 Å². The Morgan fingerprint density at radius 1 is 1.30 bits per heavy atom. The minimum absolute atomic E-state index is 0.517. The largest absolute Gasteiger partial charge is 0.387 e. The predicted octanol–water partition coefficient (Wildman–Crippen LogP) is 3.16. The van der Waals surface area contributed by atoms with Crippen molar-refractivity contribution in [3.63, 3.8) is 0 Å². The Morgan fingerprint density at radius 2 is 2.10 bits per heavy atom. The Balaban J connectivity index is 2.24. The lowest BCUT2D eigenvalue weighted by Crippen LogP contribution is -2.10. The summed E-state index contributed by atoms with van der Waals surface area (Å²) in [7, 11) is 1.92. The maximum Gasteiger partial charge on any atom is 0.0992 e. The topological polar surface area (TPSA) is 60.1 Å². The maximum atomic E-state index is 9.73. The Hall–Kier alpha value is -2.38. The van der Waals surface area contributed by atoms with E-state index in [0.29, 0.717) is 17.7 Å². The molecular formula is C16H17N3O. The number of benzene rings is 1. The van der Waals surface area contributed by atoms with E-state index in [4.69, 9.17) is 5.26 Å². The van der Waals surface area contributed by atoms with Gasteiger partial charge in [0.05, 0.1) is 35.3 Å². The van der Waals surface area contributed by atoms with E-state index in [9.17, 15) is 5.11 Å². The van der Waals surface area contributed by atoms with E-state index < -0.39 is 6.10 Å². The smallest absolute Gasteiger partial charge is 0.0992 e. The molecule has 0 saturated heterocycles. The van der Waals surface area contributed by atoms with E-state index in [-0.39, 0.29) is 0 Å². The summed E-state index contributed by atoms with van der Waals surface area (Å²) in [6.45, 7) is 1.92. The van der Waals surface area contributed by atoms with Gasteiger partial charge >= 0.3 is 0 Å². The van der Waals surface area contributed by atoms with Crippen LogP contribution in [0.15, 0.2) is 42.6 Å². The lowest BCUT2D eigenvalue weighted by Gasteiger charge is -2.20. The third-order valence-electron chi connectivity index (χ3n) is 3.25. The van der Waals surface area contributed by atoms with Crippen LogP contribution in [0.25, 0.3) is 0 Å². The summed E-state index contributed by atoms with van der Waals surface area (Å²) in [5, 5.41) is 18.7. The summed E-state index contributed by atoms with van der Waals surface area (Å²) in [6, 6.07) is 13.3. The van der Waals surface area contributed by atoms with Crippen molar-refractivity contribution < 1.29 is 5.11 Å². The fourth-order valence-corrected chi connectivity index (χ4v) is 1.94. The van der Waals surface area contributed by atoms with Crippen LogP contribution in [0.1, 0.15) is 30.7 Å². The molecule has 1 aromatic carbocycles. The zero-order chi connectivity index (χ0) is 14.5. The lowest BCUT2D eigenvalue weighted by atomic mass is 10.1. The van der Waals surface area contributed by atoms with Crippen molar-refractivity contribution >= 4 is 11.4 Å². The van der Waals surface area contributed by atoms with Gasteiger partial charge in [0.2, 0.25) is 0 Å². The highest BCUT2D eigenvalue weighted by molar-refractivity contribution is 5.63. The number of hydrogen-bond donors (Lipinski definition) is 1. The Morgan fingerprint density at radius 3 is 2.70 bits per heavy atom. The first kappa shape index (κ1) is 14.0. The molecule has 0 unspecified atom stereocenters. The molecule has 0 aliphatic carbocycles. The molecule has 0 bridgehead atoms. The van der Waals surface area contributed by atoms with Gasteiger partial charge < -0.3 is 10.0 Å². The highest BCUT2D eigenvalue weighted by Crippen LogP contribution is 2.24. The zero-order valence-corrected chi connectivity index (χ0v) is 11.6. The Labute approximate surface area is 118 Å². The van der Waals surface area contributed by atoms with Crippen LogP contribution in [-0.4, -0.2) is 17.1 Å². The van der Waals surface area contributed by atoms with Gasteiger partial charge in [-0.25, -0.2) is 0 Å². The van der Waals surface area contributed by atoms with E-state index in [1.54, 1.807) is 12.3 Å². The summed E-state index contributed by atoms with van der Waals surface area (Å²) in [5.74, 6) is 0. The van der Waals surface area contributed by atoms with Crippen molar-refractivity contribution in [2.24, 2.45) is 0 Å². The van der Waals surface area contributed by atoms with Gasteiger partial charge in [-0.1, -0.05) is 13.0 Å². The number of pyridine rings is 1. The lowest BCUT2D eigenvalue weighted by molar-refractivity contribution is 0.169. The second-order valence-corrected chi connectivity index (χ2v) is 4.59. The summed E-state index contributed by atoms with van der Waals surface area (Å²) in [4.78, 5) is 6.24. The Kier molecular flexibility index (Phi) is 4.34. The molecule has 0 aliphatic rings. The van der Waals surface area contributed by atoms with E-state index in [1.807, 2.05) is 49.2 Å². The van der Waals surface area contributed by atoms with Gasteiger partial charge in [0, 0.05) is 12.7 Å². The van der Waals surface area contributed by atoms with E-state index in [0.717, 1.165) is 11.4 Å². The van der Waals surface area contributed by atoms with E-state index in [1.165, 1.54) is 0 Å². The number of nitrogens with zero attached hydrogens (tertiary/aromatic N) is 3. The first-order valence-corrected chi connectivity index (χ1v) is 6.53. The van der Waals surface area contributed by atoms with Crippen molar-refractivity contribution in [1.29, 1.82) is 5.26 Å². The van der Waals surface area contributed by atoms with Crippen LogP contribution in [0, 0.1) is 11.3 Å². The maximum absolute atomic E-state index is 9.73. The number of anilines is 2.